The number of hydrogen-bond acceptors (Lipinski definition) is 7. The number of hydrogen-bond donors (Lipinski definition) is 1. The van der Waals surface area contributed by atoms with Crippen molar-refractivity contribution < 1.29 is 28.2 Å². The molecule has 0 atom stereocenters. The fourth-order valence-electron chi connectivity index (χ4n) is 4.57. The maximum Gasteiger partial charge on any atom is 0.339 e. The van der Waals surface area contributed by atoms with Crippen LogP contribution >= 0.6 is 0 Å². The molecule has 0 spiro atoms. The van der Waals surface area contributed by atoms with Crippen molar-refractivity contribution in [2.45, 2.75) is 19.4 Å². The summed E-state index contributed by atoms with van der Waals surface area (Å²) in [4.78, 5) is 30.4. The number of benzene rings is 2. The molecule has 6 rings (SSSR count). The van der Waals surface area contributed by atoms with Crippen molar-refractivity contribution in [2.24, 2.45) is 0 Å². The van der Waals surface area contributed by atoms with Crippen LogP contribution in [0.2, 0.25) is 0 Å². The summed E-state index contributed by atoms with van der Waals surface area (Å²) in [7, 11) is 0. The molecule has 1 N–H and O–H groups in total. The predicted molar refractivity (Wildman–Crippen MR) is 131 cm³/mol. The van der Waals surface area contributed by atoms with E-state index >= 15 is 0 Å². The number of esters is 1. The van der Waals surface area contributed by atoms with Crippen LogP contribution in [0.5, 0.6) is 11.5 Å². The number of amides is 1. The third kappa shape index (κ3) is 4.17. The number of nitrogens with zero attached hydrogens (tertiary/aromatic N) is 1. The lowest BCUT2D eigenvalue weighted by Gasteiger charge is -2.12. The van der Waals surface area contributed by atoms with E-state index in [9.17, 15) is 9.59 Å². The van der Waals surface area contributed by atoms with Gasteiger partial charge in [0.2, 0.25) is 6.79 Å². The fourth-order valence-corrected chi connectivity index (χ4v) is 4.57. The van der Waals surface area contributed by atoms with Crippen molar-refractivity contribution in [1.82, 2.24) is 10.3 Å². The van der Waals surface area contributed by atoms with Crippen LogP contribution < -0.4 is 14.8 Å². The number of allylic oxidation sites excluding steroid dienone is 1. The van der Waals surface area contributed by atoms with E-state index in [2.05, 4.69) is 11.4 Å². The number of para-hydroxylation sites is 1. The van der Waals surface area contributed by atoms with E-state index < -0.39 is 11.9 Å². The number of furan rings is 1. The Balaban J connectivity index is 1.27. The van der Waals surface area contributed by atoms with Gasteiger partial charge in [0.25, 0.3) is 5.91 Å². The minimum atomic E-state index is -0.540. The quantitative estimate of drug-likeness (QED) is 0.404. The lowest BCUT2D eigenvalue weighted by molar-refractivity contribution is -0.124. The number of aromatic nitrogens is 1. The molecule has 180 valence electrons. The van der Waals surface area contributed by atoms with Gasteiger partial charge in [-0.2, -0.15) is 0 Å². The summed E-state index contributed by atoms with van der Waals surface area (Å²) in [6.07, 6.45) is 4.98. The molecule has 4 aromatic rings. The summed E-state index contributed by atoms with van der Waals surface area (Å²) in [5.74, 6) is 1.12. The summed E-state index contributed by atoms with van der Waals surface area (Å²) in [5.41, 5.74) is 4.77. The van der Waals surface area contributed by atoms with Gasteiger partial charge in [-0.15, -0.1) is 0 Å². The first kappa shape index (κ1) is 21.9. The molecule has 1 aliphatic carbocycles. The van der Waals surface area contributed by atoms with E-state index in [1.807, 2.05) is 42.5 Å². The Kier molecular flexibility index (Phi) is 5.61. The van der Waals surface area contributed by atoms with E-state index in [-0.39, 0.29) is 19.9 Å². The van der Waals surface area contributed by atoms with Crippen LogP contribution in [-0.4, -0.2) is 30.3 Å². The Morgan fingerprint density at radius 1 is 1.03 bits per heavy atom. The van der Waals surface area contributed by atoms with E-state index in [0.29, 0.717) is 34.4 Å². The number of pyridine rings is 1. The Hall–Kier alpha value is -4.59. The molecule has 8 nitrogen and oxygen atoms in total. The number of fused-ring (bicyclic) bond motifs is 3. The van der Waals surface area contributed by atoms with Crippen LogP contribution in [0.25, 0.3) is 22.6 Å². The van der Waals surface area contributed by atoms with Crippen LogP contribution in [0, 0.1) is 0 Å². The van der Waals surface area contributed by atoms with Crippen molar-refractivity contribution in [3.8, 4) is 11.5 Å². The van der Waals surface area contributed by atoms with Crippen molar-refractivity contribution in [1.29, 1.82) is 0 Å². The third-order valence-electron chi connectivity index (χ3n) is 6.26. The molecule has 3 heterocycles. The smallest absolute Gasteiger partial charge is 0.339 e. The maximum absolute atomic E-state index is 13.3. The van der Waals surface area contributed by atoms with Crippen LogP contribution in [0.1, 0.15) is 39.4 Å². The van der Waals surface area contributed by atoms with E-state index in [1.54, 1.807) is 12.1 Å². The monoisotopic (exact) mass is 482 g/mol. The molecule has 8 heteroatoms. The highest BCUT2D eigenvalue weighted by Gasteiger charge is 2.28. The van der Waals surface area contributed by atoms with E-state index in [0.717, 1.165) is 34.6 Å². The normalized spacial score (nSPS) is 14.7. The average Bonchev–Trinajstić information content (AvgIpc) is 3.66. The molecule has 0 bridgehead atoms. The summed E-state index contributed by atoms with van der Waals surface area (Å²) in [5, 5.41) is 3.39. The second-order valence-electron chi connectivity index (χ2n) is 8.55. The summed E-state index contributed by atoms with van der Waals surface area (Å²) in [6.45, 7) is 0.0634. The zero-order chi connectivity index (χ0) is 24.5. The molecule has 2 aliphatic rings. The molecule has 0 fully saturated rings. The van der Waals surface area contributed by atoms with Gasteiger partial charge in [-0.25, -0.2) is 9.78 Å². The lowest BCUT2D eigenvalue weighted by Crippen LogP contribution is -2.28. The van der Waals surface area contributed by atoms with Gasteiger partial charge in [0.1, 0.15) is 5.76 Å². The third-order valence-corrected chi connectivity index (χ3v) is 6.26. The minimum Gasteiger partial charge on any atom is -0.467 e. The van der Waals surface area contributed by atoms with Gasteiger partial charge < -0.3 is 23.9 Å². The number of carbonyl (C=O) groups is 2. The number of carbonyl (C=O) groups excluding carboxylic acids is 2. The van der Waals surface area contributed by atoms with Crippen molar-refractivity contribution in [2.75, 3.05) is 13.4 Å². The zero-order valence-corrected chi connectivity index (χ0v) is 19.3. The Morgan fingerprint density at radius 3 is 2.81 bits per heavy atom. The SMILES string of the molecule is O=C(COC(=O)c1c2c(nc3ccccc13)/C(=C/c1ccc3c(c1)OCO3)CC2)NCc1ccco1. The van der Waals surface area contributed by atoms with Crippen molar-refractivity contribution in [3.63, 3.8) is 0 Å². The Morgan fingerprint density at radius 2 is 1.92 bits per heavy atom. The average molecular weight is 482 g/mol. The van der Waals surface area contributed by atoms with Crippen LogP contribution in [-0.2, 0) is 22.5 Å². The molecule has 2 aromatic heterocycles. The lowest BCUT2D eigenvalue weighted by atomic mass is 10.0. The number of rotatable bonds is 6. The zero-order valence-electron chi connectivity index (χ0n) is 19.3. The molecular weight excluding hydrogens is 460 g/mol. The Labute approximate surface area is 206 Å². The number of nitrogens with one attached hydrogen (secondary N) is 1. The van der Waals surface area contributed by atoms with Gasteiger partial charge in [0.05, 0.1) is 29.6 Å². The molecule has 1 amide bonds. The minimum absolute atomic E-state index is 0.220. The first-order valence-electron chi connectivity index (χ1n) is 11.6. The highest BCUT2D eigenvalue weighted by atomic mass is 16.7. The first-order chi connectivity index (χ1) is 17.7. The molecule has 0 saturated carbocycles. The standard InChI is InChI=1S/C28H22N2O6/c31-25(29-14-19-4-3-11-33-19)15-34-28(32)26-20-5-1-2-6-22(20)30-27-18(8-9-21(26)27)12-17-7-10-23-24(13-17)36-16-35-23/h1-7,10-13H,8-9,14-16H2,(H,29,31)/b18-12+. The first-order valence-corrected chi connectivity index (χ1v) is 11.6. The summed E-state index contributed by atoms with van der Waals surface area (Å²) in [6, 6.07) is 16.8. The summed E-state index contributed by atoms with van der Waals surface area (Å²) >= 11 is 0. The van der Waals surface area contributed by atoms with Crippen LogP contribution in [0.15, 0.2) is 65.3 Å². The van der Waals surface area contributed by atoms with Crippen LogP contribution in [0.3, 0.4) is 0 Å². The maximum atomic E-state index is 13.3. The number of ether oxygens (including phenoxy) is 3. The van der Waals surface area contributed by atoms with Gasteiger partial charge >= 0.3 is 5.97 Å². The van der Waals surface area contributed by atoms with Crippen molar-refractivity contribution >= 4 is 34.4 Å². The highest BCUT2D eigenvalue weighted by molar-refractivity contribution is 6.07. The summed E-state index contributed by atoms with van der Waals surface area (Å²) < 4.78 is 21.5. The predicted octanol–water partition coefficient (Wildman–Crippen LogP) is 4.52. The van der Waals surface area contributed by atoms with Gasteiger partial charge in [0.15, 0.2) is 18.1 Å². The van der Waals surface area contributed by atoms with E-state index in [4.69, 9.17) is 23.6 Å². The molecule has 1 aliphatic heterocycles. The second kappa shape index (κ2) is 9.22. The molecule has 0 saturated heterocycles. The molecule has 36 heavy (non-hydrogen) atoms. The highest BCUT2D eigenvalue weighted by Crippen LogP contribution is 2.39. The van der Waals surface area contributed by atoms with Gasteiger partial charge in [-0.3, -0.25) is 4.79 Å². The van der Waals surface area contributed by atoms with Crippen molar-refractivity contribution in [3.05, 3.63) is 89.0 Å². The fraction of sp³-hybridized carbons (Fsp3) is 0.179. The van der Waals surface area contributed by atoms with Gasteiger partial charge in [0, 0.05) is 5.39 Å². The topological polar surface area (TPSA) is 99.9 Å². The molecule has 2 aromatic carbocycles. The largest absolute Gasteiger partial charge is 0.467 e. The molecular formula is C28H22N2O6. The van der Waals surface area contributed by atoms with Gasteiger partial charge in [-0.1, -0.05) is 24.3 Å². The van der Waals surface area contributed by atoms with Gasteiger partial charge in [-0.05, 0) is 65.9 Å². The van der Waals surface area contributed by atoms with E-state index in [1.165, 1.54) is 6.26 Å². The molecule has 0 unspecified atom stereocenters. The Bertz CT molecular complexity index is 1510. The molecule has 0 radical (unpaired) electrons. The van der Waals surface area contributed by atoms with Crippen LogP contribution in [0.4, 0.5) is 0 Å². The second-order valence-corrected chi connectivity index (χ2v) is 8.55.